The number of furan rings is 1. The molecule has 142 valence electrons. The third kappa shape index (κ3) is 4.78. The van der Waals surface area contributed by atoms with E-state index in [1.54, 1.807) is 24.3 Å². The lowest BCUT2D eigenvalue weighted by atomic mass is 10.3. The number of carbonyl (C=O) groups is 1. The van der Waals surface area contributed by atoms with Crippen molar-refractivity contribution in [2.24, 2.45) is 0 Å². The molecule has 2 atom stereocenters. The van der Waals surface area contributed by atoms with Gasteiger partial charge in [-0.2, -0.15) is 0 Å². The van der Waals surface area contributed by atoms with Gasteiger partial charge in [-0.1, -0.05) is 6.92 Å². The highest BCUT2D eigenvalue weighted by Crippen LogP contribution is 2.29. The number of ether oxygens (including phenoxy) is 1. The van der Waals surface area contributed by atoms with Gasteiger partial charge in [-0.25, -0.2) is 13.2 Å². The van der Waals surface area contributed by atoms with Gasteiger partial charge in [0.25, 0.3) is 0 Å². The van der Waals surface area contributed by atoms with Crippen molar-refractivity contribution in [2.45, 2.75) is 36.5 Å². The van der Waals surface area contributed by atoms with Crippen molar-refractivity contribution in [3.8, 4) is 5.75 Å². The van der Waals surface area contributed by atoms with Crippen molar-refractivity contribution >= 4 is 15.9 Å². The van der Waals surface area contributed by atoms with Crippen molar-refractivity contribution in [3.05, 3.63) is 48.4 Å². The number of amides is 2. The van der Waals surface area contributed by atoms with Crippen molar-refractivity contribution in [3.63, 3.8) is 0 Å². The Bertz CT molecular complexity index is 801. The average molecular weight is 380 g/mol. The van der Waals surface area contributed by atoms with Gasteiger partial charge < -0.3 is 19.8 Å². The molecule has 0 spiro atoms. The van der Waals surface area contributed by atoms with Crippen LogP contribution in [0.4, 0.5) is 4.79 Å². The molecular formula is C18H24N2O5S. The van der Waals surface area contributed by atoms with Gasteiger partial charge >= 0.3 is 6.03 Å². The van der Waals surface area contributed by atoms with Gasteiger partial charge in [0.2, 0.25) is 0 Å². The van der Waals surface area contributed by atoms with Crippen molar-refractivity contribution in [1.82, 2.24) is 10.6 Å². The minimum absolute atomic E-state index is 0.00439. The van der Waals surface area contributed by atoms with Crippen LogP contribution in [-0.2, 0) is 9.84 Å². The molecule has 8 heteroatoms. The van der Waals surface area contributed by atoms with E-state index in [0.29, 0.717) is 5.75 Å². The van der Waals surface area contributed by atoms with Crippen LogP contribution in [0.15, 0.2) is 52.0 Å². The van der Waals surface area contributed by atoms with Gasteiger partial charge in [-0.05, 0) is 49.7 Å². The summed E-state index contributed by atoms with van der Waals surface area (Å²) in [5.74, 6) is 0.828. The first-order valence-electron chi connectivity index (χ1n) is 8.34. The van der Waals surface area contributed by atoms with Crippen LogP contribution in [0.5, 0.6) is 5.75 Å². The van der Waals surface area contributed by atoms with Crippen LogP contribution in [0.2, 0.25) is 0 Å². The molecule has 1 aromatic carbocycles. The molecule has 2 aromatic rings. The molecule has 0 aliphatic carbocycles. The number of benzene rings is 1. The summed E-state index contributed by atoms with van der Waals surface area (Å²) in [4.78, 5) is 12.1. The molecule has 0 bridgehead atoms. The van der Waals surface area contributed by atoms with Crippen LogP contribution in [-0.4, -0.2) is 34.1 Å². The molecule has 0 saturated heterocycles. The number of carbonyl (C=O) groups excluding carboxylic acids is 1. The van der Waals surface area contributed by atoms with E-state index in [0.717, 1.165) is 6.42 Å². The maximum Gasteiger partial charge on any atom is 0.315 e. The molecule has 1 heterocycles. The third-order valence-electron chi connectivity index (χ3n) is 4.06. The summed E-state index contributed by atoms with van der Waals surface area (Å²) in [5.41, 5.74) is 0. The zero-order chi connectivity index (χ0) is 19.2. The minimum Gasteiger partial charge on any atom is -0.497 e. The minimum atomic E-state index is -3.77. The standard InChI is InChI=1S/C18H24N2O5S/c1-4-13(2)20-18(21)19-12-17(16-6-5-11-25-16)26(22,23)15-9-7-14(24-3)8-10-15/h5-11,13,17H,4,12H2,1-3H3,(H2,19,20,21). The number of rotatable bonds is 8. The largest absolute Gasteiger partial charge is 0.497 e. The average Bonchev–Trinajstić information content (AvgIpc) is 3.15. The smallest absolute Gasteiger partial charge is 0.315 e. The van der Waals surface area contributed by atoms with Crippen LogP contribution in [0.25, 0.3) is 0 Å². The fraction of sp³-hybridized carbons (Fsp3) is 0.389. The van der Waals surface area contributed by atoms with E-state index in [1.165, 1.54) is 25.5 Å². The summed E-state index contributed by atoms with van der Waals surface area (Å²) in [6.07, 6.45) is 2.18. The molecule has 0 fully saturated rings. The summed E-state index contributed by atoms with van der Waals surface area (Å²) in [7, 11) is -2.26. The molecular weight excluding hydrogens is 356 g/mol. The predicted molar refractivity (Wildman–Crippen MR) is 97.9 cm³/mol. The normalized spacial score (nSPS) is 13.7. The van der Waals surface area contributed by atoms with Gasteiger partial charge in [0.05, 0.1) is 18.3 Å². The first-order chi connectivity index (χ1) is 12.4. The lowest BCUT2D eigenvalue weighted by Gasteiger charge is -2.18. The summed E-state index contributed by atoms with van der Waals surface area (Å²) in [6, 6.07) is 8.89. The maximum atomic E-state index is 13.0. The van der Waals surface area contributed by atoms with E-state index in [2.05, 4.69) is 10.6 Å². The Kier molecular flexibility index (Phi) is 6.68. The van der Waals surface area contributed by atoms with E-state index in [4.69, 9.17) is 9.15 Å². The zero-order valence-corrected chi connectivity index (χ0v) is 15.9. The molecule has 1 aromatic heterocycles. The molecule has 2 N–H and O–H groups in total. The second kappa shape index (κ2) is 8.75. The van der Waals surface area contributed by atoms with Gasteiger partial charge in [0.15, 0.2) is 9.84 Å². The lowest BCUT2D eigenvalue weighted by Crippen LogP contribution is -2.42. The topological polar surface area (TPSA) is 97.6 Å². The predicted octanol–water partition coefficient (Wildman–Crippen LogP) is 2.90. The first-order valence-corrected chi connectivity index (χ1v) is 9.88. The van der Waals surface area contributed by atoms with Gasteiger partial charge in [0, 0.05) is 12.6 Å². The van der Waals surface area contributed by atoms with Crippen molar-refractivity contribution in [1.29, 1.82) is 0 Å². The van der Waals surface area contributed by atoms with Crippen LogP contribution >= 0.6 is 0 Å². The molecule has 7 nitrogen and oxygen atoms in total. The van der Waals surface area contributed by atoms with E-state index in [1.807, 2.05) is 13.8 Å². The number of hydrogen-bond donors (Lipinski definition) is 2. The quantitative estimate of drug-likeness (QED) is 0.734. The molecule has 0 saturated carbocycles. The third-order valence-corrected chi connectivity index (χ3v) is 6.14. The Morgan fingerprint density at radius 1 is 1.23 bits per heavy atom. The van der Waals surface area contributed by atoms with Crippen LogP contribution in [0, 0.1) is 0 Å². The molecule has 2 amide bonds. The zero-order valence-electron chi connectivity index (χ0n) is 15.1. The monoisotopic (exact) mass is 380 g/mol. The van der Waals surface area contributed by atoms with Crippen LogP contribution < -0.4 is 15.4 Å². The fourth-order valence-electron chi connectivity index (χ4n) is 2.33. The Morgan fingerprint density at radius 3 is 2.46 bits per heavy atom. The number of sulfone groups is 1. The first kappa shape index (κ1) is 19.8. The molecule has 0 aliphatic rings. The SMILES string of the molecule is CCC(C)NC(=O)NCC(c1ccco1)S(=O)(=O)c1ccc(OC)cc1. The van der Waals surface area contributed by atoms with E-state index in [-0.39, 0.29) is 23.2 Å². The van der Waals surface area contributed by atoms with Gasteiger partial charge in [0.1, 0.15) is 16.8 Å². The second-order valence-electron chi connectivity index (χ2n) is 5.89. The van der Waals surface area contributed by atoms with Crippen LogP contribution in [0.1, 0.15) is 31.3 Å². The summed E-state index contributed by atoms with van der Waals surface area (Å²) < 4.78 is 36.5. The Hall–Kier alpha value is -2.48. The van der Waals surface area contributed by atoms with Crippen molar-refractivity contribution in [2.75, 3.05) is 13.7 Å². The molecule has 0 aliphatic heterocycles. The fourth-order valence-corrected chi connectivity index (χ4v) is 3.92. The highest BCUT2D eigenvalue weighted by molar-refractivity contribution is 7.91. The van der Waals surface area contributed by atoms with Crippen LogP contribution in [0.3, 0.4) is 0 Å². The second-order valence-corrected chi connectivity index (χ2v) is 8.02. The Labute approximate surface area is 153 Å². The number of methoxy groups -OCH3 is 1. The molecule has 0 radical (unpaired) electrons. The number of urea groups is 1. The van der Waals surface area contributed by atoms with E-state index in [9.17, 15) is 13.2 Å². The highest BCUT2D eigenvalue weighted by Gasteiger charge is 2.32. The lowest BCUT2D eigenvalue weighted by molar-refractivity contribution is 0.237. The van der Waals surface area contributed by atoms with E-state index >= 15 is 0 Å². The highest BCUT2D eigenvalue weighted by atomic mass is 32.2. The Morgan fingerprint density at radius 2 is 1.92 bits per heavy atom. The van der Waals surface area contributed by atoms with E-state index < -0.39 is 21.1 Å². The Balaban J connectivity index is 2.22. The van der Waals surface area contributed by atoms with Crippen molar-refractivity contribution < 1.29 is 22.4 Å². The number of hydrogen-bond acceptors (Lipinski definition) is 5. The summed E-state index contributed by atoms with van der Waals surface area (Å²) in [5, 5.41) is 4.33. The maximum absolute atomic E-state index is 13.0. The summed E-state index contributed by atoms with van der Waals surface area (Å²) in [6.45, 7) is 3.71. The van der Waals surface area contributed by atoms with Gasteiger partial charge in [-0.15, -0.1) is 0 Å². The molecule has 2 unspecified atom stereocenters. The van der Waals surface area contributed by atoms with Gasteiger partial charge in [-0.3, -0.25) is 0 Å². The summed E-state index contributed by atoms with van der Waals surface area (Å²) >= 11 is 0. The number of nitrogens with one attached hydrogen (secondary N) is 2. The molecule has 26 heavy (non-hydrogen) atoms. The molecule has 2 rings (SSSR count).